The molecule has 2 aromatic rings. The number of nitrogens with zero attached hydrogens (tertiary/aromatic N) is 3. The van der Waals surface area contributed by atoms with E-state index in [1.807, 2.05) is 0 Å². The highest BCUT2D eigenvalue weighted by atomic mass is 35.5. The lowest BCUT2D eigenvalue weighted by Gasteiger charge is -2.25. The van der Waals surface area contributed by atoms with E-state index in [0.717, 1.165) is 12.5 Å². The molecule has 1 aromatic carbocycles. The molecule has 7 nitrogen and oxygen atoms in total. The first kappa shape index (κ1) is 22.4. The van der Waals surface area contributed by atoms with Crippen molar-refractivity contribution < 1.29 is 26.3 Å². The van der Waals surface area contributed by atoms with Crippen LogP contribution in [-0.2, 0) is 28.0 Å². The van der Waals surface area contributed by atoms with Gasteiger partial charge in [0.05, 0.1) is 16.9 Å². The minimum atomic E-state index is -4.59. The summed E-state index contributed by atoms with van der Waals surface area (Å²) in [6, 6.07) is 3.24. The van der Waals surface area contributed by atoms with Crippen molar-refractivity contribution in [3.05, 3.63) is 41.3 Å². The largest absolute Gasteiger partial charge is 0.417 e. The molecule has 4 rings (SSSR count). The van der Waals surface area contributed by atoms with Crippen LogP contribution in [0.25, 0.3) is 0 Å². The third kappa shape index (κ3) is 4.55. The molecule has 31 heavy (non-hydrogen) atoms. The summed E-state index contributed by atoms with van der Waals surface area (Å²) in [5.41, 5.74) is -0.696. The quantitative estimate of drug-likeness (QED) is 0.714. The number of aryl methyl sites for hydroxylation is 1. The molecule has 1 N–H and O–H groups in total. The molecule has 0 bridgehead atoms. The van der Waals surface area contributed by atoms with E-state index in [1.165, 1.54) is 29.0 Å². The Bertz CT molecular complexity index is 1050. The molecule has 2 saturated heterocycles. The molecule has 2 fully saturated rings. The first-order chi connectivity index (χ1) is 14.6. The second-order valence-electron chi connectivity index (χ2n) is 7.93. The maximum Gasteiger partial charge on any atom is 0.417 e. The Kier molecular flexibility index (Phi) is 5.97. The number of hydrogen-bond acceptors (Lipinski definition) is 5. The van der Waals surface area contributed by atoms with E-state index in [4.69, 9.17) is 16.3 Å². The molecule has 1 aromatic heterocycles. The van der Waals surface area contributed by atoms with Crippen molar-refractivity contribution in [2.45, 2.75) is 23.7 Å². The van der Waals surface area contributed by atoms with E-state index in [0.29, 0.717) is 13.2 Å². The van der Waals surface area contributed by atoms with Gasteiger partial charge in [-0.3, -0.25) is 0 Å². The summed E-state index contributed by atoms with van der Waals surface area (Å²) < 4.78 is 74.2. The van der Waals surface area contributed by atoms with E-state index in [9.17, 15) is 21.6 Å². The lowest BCUT2D eigenvalue weighted by atomic mass is 9.87. The van der Waals surface area contributed by atoms with Crippen LogP contribution in [0.2, 0.25) is 5.02 Å². The molecule has 0 aliphatic carbocycles. The number of sulfonamides is 1. The molecule has 3 heterocycles. The van der Waals surface area contributed by atoms with Crippen molar-refractivity contribution in [2.75, 3.05) is 31.6 Å². The Labute approximate surface area is 183 Å². The van der Waals surface area contributed by atoms with Crippen LogP contribution >= 0.6 is 11.6 Å². The average molecular weight is 479 g/mol. The number of nitrogens with one attached hydrogen (secondary N) is 1. The number of ether oxygens (including phenoxy) is 1. The minimum absolute atomic E-state index is 0.0528. The number of benzene rings is 1. The fraction of sp³-hybridized carbons (Fsp3) is 0.526. The van der Waals surface area contributed by atoms with Gasteiger partial charge in [-0.1, -0.05) is 11.6 Å². The monoisotopic (exact) mass is 478 g/mol. The molecule has 0 saturated carbocycles. The lowest BCUT2D eigenvalue weighted by Crippen LogP contribution is -2.33. The maximum absolute atomic E-state index is 13.2. The van der Waals surface area contributed by atoms with Crippen molar-refractivity contribution in [1.82, 2.24) is 13.9 Å². The highest BCUT2D eigenvalue weighted by Gasteiger charge is 2.44. The lowest BCUT2D eigenvalue weighted by molar-refractivity contribution is -0.137. The van der Waals surface area contributed by atoms with Crippen molar-refractivity contribution in [3.8, 4) is 0 Å². The topological polar surface area (TPSA) is 76.5 Å². The molecule has 170 valence electrons. The molecule has 0 radical (unpaired) electrons. The van der Waals surface area contributed by atoms with E-state index < -0.39 is 21.8 Å². The van der Waals surface area contributed by atoms with E-state index in [-0.39, 0.29) is 46.7 Å². The molecule has 1 unspecified atom stereocenters. The Hall–Kier alpha value is -1.82. The number of imidazole rings is 1. The van der Waals surface area contributed by atoms with Crippen molar-refractivity contribution in [1.29, 1.82) is 0 Å². The first-order valence-corrected chi connectivity index (χ1v) is 11.6. The van der Waals surface area contributed by atoms with Crippen LogP contribution in [0, 0.1) is 11.8 Å². The summed E-state index contributed by atoms with van der Waals surface area (Å²) in [7, 11) is -2.15. The van der Waals surface area contributed by atoms with Crippen LogP contribution < -0.4 is 5.32 Å². The predicted molar refractivity (Wildman–Crippen MR) is 108 cm³/mol. The van der Waals surface area contributed by atoms with E-state index >= 15 is 0 Å². The zero-order valence-corrected chi connectivity index (χ0v) is 18.2. The summed E-state index contributed by atoms with van der Waals surface area (Å²) in [6.07, 6.45) is -0.974. The predicted octanol–water partition coefficient (Wildman–Crippen LogP) is 3.23. The Morgan fingerprint density at radius 1 is 1.29 bits per heavy atom. The van der Waals surface area contributed by atoms with Crippen LogP contribution in [0.4, 0.5) is 18.9 Å². The van der Waals surface area contributed by atoms with Crippen molar-refractivity contribution >= 4 is 27.3 Å². The molecule has 2 aliphatic rings. The van der Waals surface area contributed by atoms with E-state index in [2.05, 4.69) is 10.3 Å². The molecule has 2 aliphatic heterocycles. The molecular weight excluding hydrogens is 457 g/mol. The number of aromatic nitrogens is 2. The van der Waals surface area contributed by atoms with Gasteiger partial charge in [-0.2, -0.15) is 17.5 Å². The summed E-state index contributed by atoms with van der Waals surface area (Å²) in [5.74, 6) is -0.0122. The van der Waals surface area contributed by atoms with Crippen molar-refractivity contribution in [3.63, 3.8) is 0 Å². The minimum Gasteiger partial charge on any atom is -0.381 e. The second kappa shape index (κ2) is 8.27. The number of alkyl halides is 3. The normalized spacial score (nSPS) is 25.3. The molecule has 0 amide bonds. The SMILES string of the molecule is Cn1cnc(S(=O)(=O)N2C[C@H](Nc3ccc(Cl)c(C(F)(F)F)c3)[C@@H](C3CCOC3)C2)c1. The highest BCUT2D eigenvalue weighted by Crippen LogP contribution is 2.38. The van der Waals surface area contributed by atoms with Gasteiger partial charge in [-0.05, 0) is 36.5 Å². The fourth-order valence-corrected chi connectivity index (χ4v) is 5.90. The summed E-state index contributed by atoms with van der Waals surface area (Å²) in [6.45, 7) is 1.43. The van der Waals surface area contributed by atoms with Gasteiger partial charge in [0.15, 0.2) is 5.03 Å². The Morgan fingerprint density at radius 3 is 2.68 bits per heavy atom. The average Bonchev–Trinajstić information content (AvgIpc) is 3.42. The van der Waals surface area contributed by atoms with Gasteiger partial charge in [-0.15, -0.1) is 0 Å². The third-order valence-electron chi connectivity index (χ3n) is 5.81. The van der Waals surface area contributed by atoms with Gasteiger partial charge in [-0.25, -0.2) is 13.4 Å². The van der Waals surface area contributed by atoms with Gasteiger partial charge in [0.25, 0.3) is 10.0 Å². The summed E-state index contributed by atoms with van der Waals surface area (Å²) in [5, 5.41) is 2.68. The fourth-order valence-electron chi connectivity index (χ4n) is 4.21. The van der Waals surface area contributed by atoms with Gasteiger partial charge < -0.3 is 14.6 Å². The van der Waals surface area contributed by atoms with Crippen LogP contribution in [0.15, 0.2) is 35.7 Å². The van der Waals surface area contributed by atoms with Crippen LogP contribution in [0.1, 0.15) is 12.0 Å². The van der Waals surface area contributed by atoms with Gasteiger partial charge in [0.1, 0.15) is 0 Å². The zero-order chi connectivity index (χ0) is 22.4. The smallest absolute Gasteiger partial charge is 0.381 e. The van der Waals surface area contributed by atoms with Crippen LogP contribution in [0.3, 0.4) is 0 Å². The number of halogens is 4. The number of anilines is 1. The molecule has 3 atom stereocenters. The van der Waals surface area contributed by atoms with E-state index in [1.54, 1.807) is 11.6 Å². The summed E-state index contributed by atoms with van der Waals surface area (Å²) in [4.78, 5) is 3.96. The maximum atomic E-state index is 13.2. The third-order valence-corrected chi connectivity index (χ3v) is 7.86. The highest BCUT2D eigenvalue weighted by molar-refractivity contribution is 7.89. The standard InChI is InChI=1S/C19H22ClF3N4O3S/c1-26-9-18(24-11-26)31(28,29)27-7-14(12-4-5-30-10-12)17(8-27)25-13-2-3-16(20)15(6-13)19(21,22)23/h2-3,6,9,11-12,14,17,25H,4-5,7-8,10H2,1H3/t12?,14-,17+/m1/s1. The number of hydrogen-bond donors (Lipinski definition) is 1. The Morgan fingerprint density at radius 2 is 2.06 bits per heavy atom. The second-order valence-corrected chi connectivity index (χ2v) is 10.2. The van der Waals surface area contributed by atoms with Crippen molar-refractivity contribution in [2.24, 2.45) is 18.9 Å². The van der Waals surface area contributed by atoms with Crippen LogP contribution in [0.5, 0.6) is 0 Å². The first-order valence-electron chi connectivity index (χ1n) is 9.75. The molecular formula is C19H22ClF3N4O3S. The van der Waals surface area contributed by atoms with Gasteiger partial charge >= 0.3 is 6.18 Å². The molecule has 0 spiro atoms. The van der Waals surface area contributed by atoms with Gasteiger partial charge in [0, 0.05) is 51.3 Å². The van der Waals surface area contributed by atoms with Crippen LogP contribution in [-0.4, -0.2) is 54.6 Å². The van der Waals surface area contributed by atoms with Gasteiger partial charge in [0.2, 0.25) is 0 Å². The zero-order valence-electron chi connectivity index (χ0n) is 16.6. The Balaban J connectivity index is 1.61. The summed E-state index contributed by atoms with van der Waals surface area (Å²) >= 11 is 5.72. The molecule has 12 heteroatoms. The number of rotatable bonds is 5.